The lowest BCUT2D eigenvalue weighted by molar-refractivity contribution is 0.102. The second-order valence-electron chi connectivity index (χ2n) is 3.12. The first kappa shape index (κ1) is 10.9. The Morgan fingerprint density at radius 1 is 1.44 bits per heavy atom. The quantitative estimate of drug-likeness (QED) is 0.581. The zero-order valence-corrected chi connectivity index (χ0v) is 10.4. The molecule has 0 bridgehead atoms. The van der Waals surface area contributed by atoms with E-state index < -0.39 is 0 Å². The molecule has 0 aliphatic rings. The van der Waals surface area contributed by atoms with Gasteiger partial charge in [0.25, 0.3) is 5.91 Å². The molecule has 4 N–H and O–H groups in total. The molecule has 6 heteroatoms. The summed E-state index contributed by atoms with van der Waals surface area (Å²) in [4.78, 5) is 11.8. The van der Waals surface area contributed by atoms with Crippen molar-refractivity contribution in [2.75, 3.05) is 11.1 Å². The van der Waals surface area contributed by atoms with E-state index in [1.54, 1.807) is 18.3 Å². The SMILES string of the molecule is Nc1ccccc1NC(=O)c1n[nH]cc1I. The molecule has 5 nitrogen and oxygen atoms in total. The summed E-state index contributed by atoms with van der Waals surface area (Å²) in [5, 5.41) is 9.19. The Hall–Kier alpha value is -1.57. The van der Waals surface area contributed by atoms with Crippen LogP contribution in [0.15, 0.2) is 30.5 Å². The summed E-state index contributed by atoms with van der Waals surface area (Å²) in [7, 11) is 0. The minimum atomic E-state index is -0.274. The van der Waals surface area contributed by atoms with Crippen LogP contribution < -0.4 is 11.1 Å². The number of amides is 1. The maximum Gasteiger partial charge on any atom is 0.277 e. The van der Waals surface area contributed by atoms with E-state index in [0.717, 1.165) is 3.57 Å². The zero-order valence-electron chi connectivity index (χ0n) is 8.20. The molecule has 0 unspecified atom stereocenters. The lowest BCUT2D eigenvalue weighted by Gasteiger charge is -2.06. The summed E-state index contributed by atoms with van der Waals surface area (Å²) in [6.45, 7) is 0. The molecule has 0 saturated heterocycles. The van der Waals surface area contributed by atoms with Crippen molar-refractivity contribution in [1.29, 1.82) is 0 Å². The Kier molecular flexibility index (Phi) is 3.09. The van der Waals surface area contributed by atoms with Gasteiger partial charge in [-0.05, 0) is 34.7 Å². The summed E-state index contributed by atoms with van der Waals surface area (Å²) in [6.07, 6.45) is 1.66. The third-order valence-electron chi connectivity index (χ3n) is 2.02. The van der Waals surface area contributed by atoms with E-state index in [-0.39, 0.29) is 5.91 Å². The van der Waals surface area contributed by atoms with E-state index in [1.807, 2.05) is 34.7 Å². The highest BCUT2D eigenvalue weighted by Crippen LogP contribution is 2.18. The third kappa shape index (κ3) is 2.16. The number of nitrogens with two attached hydrogens (primary N) is 1. The molecule has 2 aromatic rings. The normalized spacial score (nSPS) is 10.1. The van der Waals surface area contributed by atoms with Crippen LogP contribution in [0.2, 0.25) is 0 Å². The van der Waals surface area contributed by atoms with Crippen LogP contribution in [0.25, 0.3) is 0 Å². The number of H-pyrrole nitrogens is 1. The fourth-order valence-electron chi connectivity index (χ4n) is 1.23. The molecule has 0 aliphatic carbocycles. The van der Waals surface area contributed by atoms with E-state index in [0.29, 0.717) is 17.1 Å². The highest BCUT2D eigenvalue weighted by atomic mass is 127. The van der Waals surface area contributed by atoms with Crippen LogP contribution >= 0.6 is 22.6 Å². The van der Waals surface area contributed by atoms with Gasteiger partial charge in [0.15, 0.2) is 5.69 Å². The molecule has 2 rings (SSSR count). The molecule has 1 amide bonds. The highest BCUT2D eigenvalue weighted by Gasteiger charge is 2.13. The van der Waals surface area contributed by atoms with Gasteiger partial charge in [0.1, 0.15) is 0 Å². The van der Waals surface area contributed by atoms with E-state index in [1.165, 1.54) is 0 Å². The first-order chi connectivity index (χ1) is 7.68. The number of halogens is 1. The van der Waals surface area contributed by atoms with Crippen molar-refractivity contribution < 1.29 is 4.79 Å². The molecular weight excluding hydrogens is 319 g/mol. The van der Waals surface area contributed by atoms with Gasteiger partial charge in [0.05, 0.1) is 14.9 Å². The van der Waals surface area contributed by atoms with Crippen LogP contribution in [-0.4, -0.2) is 16.1 Å². The smallest absolute Gasteiger partial charge is 0.277 e. The summed E-state index contributed by atoms with van der Waals surface area (Å²) in [5.74, 6) is -0.274. The minimum Gasteiger partial charge on any atom is -0.397 e. The minimum absolute atomic E-state index is 0.274. The number of nitrogen functional groups attached to an aromatic ring is 1. The van der Waals surface area contributed by atoms with Gasteiger partial charge in [-0.3, -0.25) is 9.89 Å². The van der Waals surface area contributed by atoms with Crippen LogP contribution in [0, 0.1) is 3.57 Å². The van der Waals surface area contributed by atoms with Gasteiger partial charge in [-0.25, -0.2) is 0 Å². The van der Waals surface area contributed by atoms with Crippen LogP contribution in [0.5, 0.6) is 0 Å². The number of hydrogen-bond donors (Lipinski definition) is 3. The van der Waals surface area contributed by atoms with Gasteiger partial charge in [0.2, 0.25) is 0 Å². The number of hydrogen-bond acceptors (Lipinski definition) is 3. The molecule has 0 aliphatic heterocycles. The second kappa shape index (κ2) is 4.52. The molecule has 1 aromatic heterocycles. The number of benzene rings is 1. The van der Waals surface area contributed by atoms with Gasteiger partial charge < -0.3 is 11.1 Å². The van der Waals surface area contributed by atoms with Crippen LogP contribution in [0.4, 0.5) is 11.4 Å². The lowest BCUT2D eigenvalue weighted by atomic mass is 10.2. The Bertz CT molecular complexity index is 523. The molecule has 0 radical (unpaired) electrons. The Balaban J connectivity index is 2.21. The maximum absolute atomic E-state index is 11.8. The van der Waals surface area contributed by atoms with Crippen molar-refractivity contribution >= 4 is 39.9 Å². The second-order valence-corrected chi connectivity index (χ2v) is 4.29. The average Bonchev–Trinajstić information content (AvgIpc) is 2.68. The third-order valence-corrected chi connectivity index (χ3v) is 2.84. The fraction of sp³-hybridized carbons (Fsp3) is 0. The number of para-hydroxylation sites is 2. The zero-order chi connectivity index (χ0) is 11.5. The molecule has 1 aromatic carbocycles. The van der Waals surface area contributed by atoms with Gasteiger partial charge in [-0.15, -0.1) is 0 Å². The number of aromatic amines is 1. The Morgan fingerprint density at radius 3 is 2.81 bits per heavy atom. The van der Waals surface area contributed by atoms with E-state index in [9.17, 15) is 4.79 Å². The highest BCUT2D eigenvalue weighted by molar-refractivity contribution is 14.1. The molecule has 0 saturated carbocycles. The number of carbonyl (C=O) groups is 1. The number of aromatic nitrogens is 2. The molecule has 82 valence electrons. The fourth-order valence-corrected chi connectivity index (χ4v) is 1.73. The first-order valence-corrected chi connectivity index (χ1v) is 5.61. The molecule has 0 fully saturated rings. The Morgan fingerprint density at radius 2 is 2.19 bits per heavy atom. The van der Waals surface area contributed by atoms with Crippen molar-refractivity contribution in [1.82, 2.24) is 10.2 Å². The van der Waals surface area contributed by atoms with Crippen molar-refractivity contribution in [2.24, 2.45) is 0 Å². The predicted molar refractivity (Wildman–Crippen MR) is 70.1 cm³/mol. The van der Waals surface area contributed by atoms with Gasteiger partial charge in [-0.2, -0.15) is 5.10 Å². The van der Waals surface area contributed by atoms with Gasteiger partial charge in [0, 0.05) is 6.20 Å². The average molecular weight is 328 g/mol. The monoisotopic (exact) mass is 328 g/mol. The largest absolute Gasteiger partial charge is 0.397 e. The molecule has 1 heterocycles. The van der Waals surface area contributed by atoms with E-state index in [2.05, 4.69) is 15.5 Å². The van der Waals surface area contributed by atoms with E-state index in [4.69, 9.17) is 5.73 Å². The summed E-state index contributed by atoms with van der Waals surface area (Å²) >= 11 is 2.04. The molecule has 0 atom stereocenters. The first-order valence-electron chi connectivity index (χ1n) is 4.53. The topological polar surface area (TPSA) is 83.8 Å². The van der Waals surface area contributed by atoms with E-state index >= 15 is 0 Å². The summed E-state index contributed by atoms with van der Waals surface area (Å²) in [5.41, 5.74) is 7.20. The standard InChI is InChI=1S/C10H9IN4O/c11-6-5-13-15-9(6)10(16)14-8-4-2-1-3-7(8)12/h1-5H,12H2,(H,13,15)(H,14,16). The number of nitrogens with zero attached hydrogens (tertiary/aromatic N) is 1. The summed E-state index contributed by atoms with van der Waals surface area (Å²) in [6, 6.07) is 7.09. The molecular formula is C10H9IN4O. The number of anilines is 2. The van der Waals surface area contributed by atoms with Crippen molar-refractivity contribution in [2.45, 2.75) is 0 Å². The van der Waals surface area contributed by atoms with Gasteiger partial charge >= 0.3 is 0 Å². The predicted octanol–water partition coefficient (Wildman–Crippen LogP) is 1.85. The number of rotatable bonds is 2. The van der Waals surface area contributed by atoms with Crippen molar-refractivity contribution in [3.05, 3.63) is 39.7 Å². The molecule has 16 heavy (non-hydrogen) atoms. The maximum atomic E-state index is 11.8. The number of carbonyl (C=O) groups excluding carboxylic acids is 1. The lowest BCUT2D eigenvalue weighted by Crippen LogP contribution is -2.14. The summed E-state index contributed by atoms with van der Waals surface area (Å²) < 4.78 is 0.768. The van der Waals surface area contributed by atoms with Crippen LogP contribution in [0.1, 0.15) is 10.5 Å². The van der Waals surface area contributed by atoms with Gasteiger partial charge in [-0.1, -0.05) is 12.1 Å². The molecule has 0 spiro atoms. The van der Waals surface area contributed by atoms with Crippen LogP contribution in [0.3, 0.4) is 0 Å². The Labute approximate surface area is 106 Å². The van der Waals surface area contributed by atoms with Crippen molar-refractivity contribution in [3.63, 3.8) is 0 Å². The van der Waals surface area contributed by atoms with Crippen LogP contribution in [-0.2, 0) is 0 Å². The van der Waals surface area contributed by atoms with Crippen molar-refractivity contribution in [3.8, 4) is 0 Å². The number of nitrogens with one attached hydrogen (secondary N) is 2.